The number of imidazole rings is 1. The maximum atomic E-state index is 4.78. The molecule has 5 heteroatoms. The third-order valence-corrected chi connectivity index (χ3v) is 4.44. The van der Waals surface area contributed by atoms with Crippen molar-refractivity contribution < 1.29 is 0 Å². The molecule has 24 heavy (non-hydrogen) atoms. The predicted octanol–water partition coefficient (Wildman–Crippen LogP) is 3.74. The van der Waals surface area contributed by atoms with Crippen LogP contribution in [0.5, 0.6) is 0 Å². The van der Waals surface area contributed by atoms with E-state index in [4.69, 9.17) is 4.99 Å². The minimum Gasteiger partial charge on any atom is -0.357 e. The second-order valence-electron chi connectivity index (χ2n) is 6.44. The molecule has 0 radical (unpaired) electrons. The molecule has 2 N–H and O–H groups in total. The van der Waals surface area contributed by atoms with Crippen molar-refractivity contribution in [3.63, 3.8) is 0 Å². The molecule has 138 valence electrons. The lowest BCUT2D eigenvalue weighted by Crippen LogP contribution is -2.38. The topological polar surface area (TPSA) is 54.2 Å². The zero-order chi connectivity index (χ0) is 17.6. The summed E-state index contributed by atoms with van der Waals surface area (Å²) < 4.78 is 2.21. The Morgan fingerprint density at radius 3 is 2.67 bits per heavy atom. The lowest BCUT2D eigenvalue weighted by atomic mass is 10.00. The van der Waals surface area contributed by atoms with E-state index in [1.165, 1.54) is 25.7 Å². The van der Waals surface area contributed by atoms with Crippen LogP contribution in [0.15, 0.2) is 17.4 Å². The summed E-state index contributed by atoms with van der Waals surface area (Å²) >= 11 is 0. The molecule has 1 unspecified atom stereocenters. The standard InChI is InChI=1S/C19H37N5/c1-5-8-11-18(6-2)16-23-19(20-7-3)22-12-9-10-14-24-15-13-21-17(24)4/h13,15,18H,5-12,14,16H2,1-4H3,(H2,20,22,23). The van der Waals surface area contributed by atoms with E-state index < -0.39 is 0 Å². The van der Waals surface area contributed by atoms with Crippen LogP contribution < -0.4 is 10.6 Å². The summed E-state index contributed by atoms with van der Waals surface area (Å²) in [6.45, 7) is 12.5. The molecule has 1 aromatic rings. The van der Waals surface area contributed by atoms with E-state index in [-0.39, 0.29) is 0 Å². The molecular formula is C19H37N5. The first-order valence-corrected chi connectivity index (χ1v) is 9.71. The maximum Gasteiger partial charge on any atom is 0.191 e. The van der Waals surface area contributed by atoms with Crippen molar-refractivity contribution in [3.8, 4) is 0 Å². The van der Waals surface area contributed by atoms with Gasteiger partial charge in [-0.2, -0.15) is 0 Å². The number of aromatic nitrogens is 2. The van der Waals surface area contributed by atoms with E-state index in [2.05, 4.69) is 54.1 Å². The number of nitrogens with zero attached hydrogens (tertiary/aromatic N) is 3. The number of guanidine groups is 1. The Bertz CT molecular complexity index is 452. The van der Waals surface area contributed by atoms with Crippen LogP contribution in [0, 0.1) is 12.8 Å². The van der Waals surface area contributed by atoms with Gasteiger partial charge in [0.25, 0.3) is 0 Å². The Labute approximate surface area is 148 Å². The van der Waals surface area contributed by atoms with Gasteiger partial charge in [-0.25, -0.2) is 4.98 Å². The third kappa shape index (κ3) is 8.37. The van der Waals surface area contributed by atoms with Gasteiger partial charge >= 0.3 is 0 Å². The fraction of sp³-hybridized carbons (Fsp3) is 0.789. The summed E-state index contributed by atoms with van der Waals surface area (Å²) in [7, 11) is 0. The summed E-state index contributed by atoms with van der Waals surface area (Å²) in [4.78, 5) is 9.03. The lowest BCUT2D eigenvalue weighted by Gasteiger charge is -2.15. The van der Waals surface area contributed by atoms with Crippen LogP contribution in [0.4, 0.5) is 0 Å². The Kier molecular flexibility index (Phi) is 11.0. The van der Waals surface area contributed by atoms with E-state index in [0.717, 1.165) is 50.8 Å². The highest BCUT2D eigenvalue weighted by Gasteiger charge is 2.06. The zero-order valence-corrected chi connectivity index (χ0v) is 16.1. The van der Waals surface area contributed by atoms with Gasteiger partial charge in [0.2, 0.25) is 0 Å². The van der Waals surface area contributed by atoms with Crippen molar-refractivity contribution in [1.29, 1.82) is 0 Å². The summed E-state index contributed by atoms with van der Waals surface area (Å²) in [5, 5.41) is 6.82. The van der Waals surface area contributed by atoms with Gasteiger partial charge in [0.05, 0.1) is 0 Å². The molecule has 1 atom stereocenters. The van der Waals surface area contributed by atoms with Gasteiger partial charge in [-0.05, 0) is 39.0 Å². The van der Waals surface area contributed by atoms with Crippen LogP contribution in [-0.4, -0.2) is 35.1 Å². The highest BCUT2D eigenvalue weighted by molar-refractivity contribution is 5.79. The summed E-state index contributed by atoms with van der Waals surface area (Å²) in [5.41, 5.74) is 0. The van der Waals surface area contributed by atoms with Crippen molar-refractivity contribution in [2.24, 2.45) is 10.9 Å². The van der Waals surface area contributed by atoms with E-state index in [1.54, 1.807) is 0 Å². The van der Waals surface area contributed by atoms with E-state index in [1.807, 2.05) is 6.20 Å². The van der Waals surface area contributed by atoms with Gasteiger partial charge < -0.3 is 15.2 Å². The van der Waals surface area contributed by atoms with Crippen molar-refractivity contribution in [3.05, 3.63) is 18.2 Å². The van der Waals surface area contributed by atoms with Crippen molar-refractivity contribution in [2.45, 2.75) is 72.8 Å². The first-order valence-electron chi connectivity index (χ1n) is 9.71. The van der Waals surface area contributed by atoms with Crippen LogP contribution >= 0.6 is 0 Å². The Balaban J connectivity index is 2.28. The minimum absolute atomic E-state index is 0.713. The van der Waals surface area contributed by atoms with E-state index >= 15 is 0 Å². The molecule has 0 fully saturated rings. The van der Waals surface area contributed by atoms with Crippen LogP contribution in [0.2, 0.25) is 0 Å². The number of nitrogens with one attached hydrogen (secondary N) is 2. The van der Waals surface area contributed by atoms with Crippen molar-refractivity contribution in [1.82, 2.24) is 20.2 Å². The van der Waals surface area contributed by atoms with E-state index in [0.29, 0.717) is 5.92 Å². The maximum absolute atomic E-state index is 4.78. The SMILES string of the molecule is CCCCC(CC)CN=C(NCC)NCCCCn1ccnc1C. The quantitative estimate of drug-likeness (QED) is 0.347. The summed E-state index contributed by atoms with van der Waals surface area (Å²) in [5.74, 6) is 2.77. The molecule has 0 amide bonds. The predicted molar refractivity (Wildman–Crippen MR) is 103 cm³/mol. The smallest absolute Gasteiger partial charge is 0.191 e. The average Bonchev–Trinajstić information content (AvgIpc) is 2.99. The molecule has 0 aromatic carbocycles. The third-order valence-electron chi connectivity index (χ3n) is 4.44. The van der Waals surface area contributed by atoms with Crippen LogP contribution in [0.25, 0.3) is 0 Å². The Morgan fingerprint density at radius 1 is 1.21 bits per heavy atom. The molecule has 0 aliphatic rings. The van der Waals surface area contributed by atoms with Gasteiger partial charge in [-0.3, -0.25) is 4.99 Å². The molecule has 1 heterocycles. The fourth-order valence-corrected chi connectivity index (χ4v) is 2.73. The highest BCUT2D eigenvalue weighted by atomic mass is 15.2. The first-order chi connectivity index (χ1) is 11.7. The van der Waals surface area contributed by atoms with Crippen molar-refractivity contribution in [2.75, 3.05) is 19.6 Å². The van der Waals surface area contributed by atoms with Crippen LogP contribution in [0.1, 0.15) is 65.1 Å². The molecule has 1 rings (SSSR count). The summed E-state index contributed by atoms with van der Waals surface area (Å²) in [6.07, 6.45) is 11.3. The number of aliphatic imine (C=N–C) groups is 1. The largest absolute Gasteiger partial charge is 0.357 e. The fourth-order valence-electron chi connectivity index (χ4n) is 2.73. The molecule has 1 aromatic heterocycles. The zero-order valence-electron chi connectivity index (χ0n) is 16.1. The Hall–Kier alpha value is -1.52. The van der Waals surface area contributed by atoms with E-state index in [9.17, 15) is 0 Å². The second kappa shape index (κ2) is 12.8. The van der Waals surface area contributed by atoms with Crippen LogP contribution in [-0.2, 0) is 6.54 Å². The first kappa shape index (κ1) is 20.5. The van der Waals surface area contributed by atoms with Gasteiger partial charge in [-0.1, -0.05) is 33.1 Å². The van der Waals surface area contributed by atoms with Crippen molar-refractivity contribution >= 4 is 5.96 Å². The monoisotopic (exact) mass is 335 g/mol. The highest BCUT2D eigenvalue weighted by Crippen LogP contribution is 2.12. The van der Waals surface area contributed by atoms with Crippen LogP contribution in [0.3, 0.4) is 0 Å². The minimum atomic E-state index is 0.713. The van der Waals surface area contributed by atoms with Gasteiger partial charge in [0.15, 0.2) is 5.96 Å². The number of hydrogen-bond donors (Lipinski definition) is 2. The number of rotatable bonds is 12. The molecule has 0 saturated heterocycles. The molecule has 0 aliphatic carbocycles. The van der Waals surface area contributed by atoms with Gasteiger partial charge in [0.1, 0.15) is 5.82 Å². The molecule has 0 aliphatic heterocycles. The normalized spacial score (nSPS) is 13.1. The Morgan fingerprint density at radius 2 is 2.04 bits per heavy atom. The molecule has 5 nitrogen and oxygen atoms in total. The number of unbranched alkanes of at least 4 members (excludes halogenated alkanes) is 2. The lowest BCUT2D eigenvalue weighted by molar-refractivity contribution is 0.461. The van der Waals surface area contributed by atoms with Gasteiger partial charge in [0, 0.05) is 38.6 Å². The summed E-state index contributed by atoms with van der Waals surface area (Å²) in [6, 6.07) is 0. The molecule has 0 bridgehead atoms. The number of aryl methyl sites for hydroxylation is 2. The average molecular weight is 336 g/mol. The molecular weight excluding hydrogens is 298 g/mol. The second-order valence-corrected chi connectivity index (χ2v) is 6.44. The van der Waals surface area contributed by atoms with Gasteiger partial charge in [-0.15, -0.1) is 0 Å². The molecule has 0 saturated carbocycles. The molecule has 0 spiro atoms. The number of hydrogen-bond acceptors (Lipinski definition) is 2.